The van der Waals surface area contributed by atoms with Crippen LogP contribution in [0.15, 0.2) is 6.20 Å². The quantitative estimate of drug-likeness (QED) is 0.737. The van der Waals surface area contributed by atoms with Crippen LogP contribution in [0.5, 0.6) is 0 Å². The number of nitrogens with one attached hydrogen (secondary N) is 1. The highest BCUT2D eigenvalue weighted by molar-refractivity contribution is 5.03. The number of nitrogens with zero attached hydrogens (tertiary/aromatic N) is 1. The van der Waals surface area contributed by atoms with E-state index in [0.717, 1.165) is 11.5 Å². The summed E-state index contributed by atoms with van der Waals surface area (Å²) < 4.78 is 5.32. The third kappa shape index (κ3) is 2.29. The third-order valence-electron chi connectivity index (χ3n) is 2.00. The molecule has 0 fully saturated rings. The van der Waals surface area contributed by atoms with Gasteiger partial charge in [0.15, 0.2) is 0 Å². The van der Waals surface area contributed by atoms with E-state index in [0.29, 0.717) is 12.5 Å². The summed E-state index contributed by atoms with van der Waals surface area (Å²) in [5.74, 6) is 1.26. The average molecular weight is 183 g/mol. The predicted molar refractivity (Wildman–Crippen MR) is 51.1 cm³/mol. The van der Waals surface area contributed by atoms with Crippen LogP contribution >= 0.6 is 0 Å². The van der Waals surface area contributed by atoms with Gasteiger partial charge in [-0.05, 0) is 5.92 Å². The third-order valence-corrected chi connectivity index (χ3v) is 2.00. The summed E-state index contributed by atoms with van der Waals surface area (Å²) in [7, 11) is 1.69. The highest BCUT2D eigenvalue weighted by atomic mass is 16.5. The second kappa shape index (κ2) is 4.39. The van der Waals surface area contributed by atoms with E-state index >= 15 is 0 Å². The fraction of sp³-hybridized carbons (Fsp3) is 0.667. The predicted octanol–water partition coefficient (Wildman–Crippen LogP) is 1.21. The molecule has 74 valence electrons. The molecule has 0 saturated heterocycles. The Morgan fingerprint density at radius 2 is 2.31 bits per heavy atom. The molecule has 0 bridgehead atoms. The lowest BCUT2D eigenvalue weighted by molar-refractivity contribution is 0.0581. The molecule has 1 unspecified atom stereocenters. The second-order valence-electron chi connectivity index (χ2n) is 3.40. The first-order valence-electron chi connectivity index (χ1n) is 4.45. The summed E-state index contributed by atoms with van der Waals surface area (Å²) in [6.07, 6.45) is 1.78. The SMILES string of the molecule is COC(c1ncc(CN)[nH]1)C(C)C. The van der Waals surface area contributed by atoms with Crippen molar-refractivity contribution in [2.24, 2.45) is 11.7 Å². The largest absolute Gasteiger partial charge is 0.373 e. The Morgan fingerprint density at radius 3 is 2.69 bits per heavy atom. The van der Waals surface area contributed by atoms with Gasteiger partial charge >= 0.3 is 0 Å². The minimum absolute atomic E-state index is 0.0281. The Bertz CT molecular complexity index is 257. The summed E-state index contributed by atoms with van der Waals surface area (Å²) in [6, 6.07) is 0. The molecule has 4 heteroatoms. The van der Waals surface area contributed by atoms with Crippen molar-refractivity contribution in [1.82, 2.24) is 9.97 Å². The molecule has 4 nitrogen and oxygen atoms in total. The van der Waals surface area contributed by atoms with E-state index < -0.39 is 0 Å². The van der Waals surface area contributed by atoms with Crippen LogP contribution in [0.25, 0.3) is 0 Å². The minimum atomic E-state index is 0.0281. The fourth-order valence-corrected chi connectivity index (χ4v) is 1.32. The van der Waals surface area contributed by atoms with E-state index in [9.17, 15) is 0 Å². The van der Waals surface area contributed by atoms with Crippen LogP contribution < -0.4 is 5.73 Å². The molecule has 0 amide bonds. The van der Waals surface area contributed by atoms with Gasteiger partial charge in [-0.3, -0.25) is 0 Å². The first-order chi connectivity index (χ1) is 6.19. The van der Waals surface area contributed by atoms with Gasteiger partial charge in [0.1, 0.15) is 11.9 Å². The van der Waals surface area contributed by atoms with E-state index in [-0.39, 0.29) is 6.10 Å². The summed E-state index contributed by atoms with van der Waals surface area (Å²) in [5, 5.41) is 0. The van der Waals surface area contributed by atoms with Gasteiger partial charge in [-0.1, -0.05) is 13.8 Å². The molecule has 1 heterocycles. The Hall–Kier alpha value is -0.870. The monoisotopic (exact) mass is 183 g/mol. The number of hydrogen-bond donors (Lipinski definition) is 2. The molecule has 1 aromatic rings. The van der Waals surface area contributed by atoms with Gasteiger partial charge in [-0.15, -0.1) is 0 Å². The molecule has 13 heavy (non-hydrogen) atoms. The highest BCUT2D eigenvalue weighted by Crippen LogP contribution is 2.21. The molecular weight excluding hydrogens is 166 g/mol. The Balaban J connectivity index is 2.79. The molecule has 0 aromatic carbocycles. The zero-order valence-corrected chi connectivity index (χ0v) is 8.37. The van der Waals surface area contributed by atoms with Crippen molar-refractivity contribution in [1.29, 1.82) is 0 Å². The number of nitrogens with two attached hydrogens (primary N) is 1. The molecule has 0 aliphatic rings. The molecule has 1 aromatic heterocycles. The average Bonchev–Trinajstić information content (AvgIpc) is 2.53. The lowest BCUT2D eigenvalue weighted by Gasteiger charge is -2.16. The van der Waals surface area contributed by atoms with Gasteiger partial charge in [0.2, 0.25) is 0 Å². The molecule has 0 spiro atoms. The lowest BCUT2D eigenvalue weighted by atomic mass is 10.1. The van der Waals surface area contributed by atoms with Crippen molar-refractivity contribution in [3.63, 3.8) is 0 Å². The fourth-order valence-electron chi connectivity index (χ4n) is 1.32. The molecule has 0 aliphatic heterocycles. The minimum Gasteiger partial charge on any atom is -0.373 e. The number of hydrogen-bond acceptors (Lipinski definition) is 3. The summed E-state index contributed by atoms with van der Waals surface area (Å²) >= 11 is 0. The molecule has 3 N–H and O–H groups in total. The Kier molecular flexibility index (Phi) is 3.45. The van der Waals surface area contributed by atoms with Crippen molar-refractivity contribution in [3.8, 4) is 0 Å². The summed E-state index contributed by atoms with van der Waals surface area (Å²) in [4.78, 5) is 7.35. The first kappa shape index (κ1) is 10.2. The maximum atomic E-state index is 5.47. The number of imidazole rings is 1. The van der Waals surface area contributed by atoms with E-state index in [2.05, 4.69) is 23.8 Å². The van der Waals surface area contributed by atoms with Gasteiger partial charge in [0, 0.05) is 25.5 Å². The van der Waals surface area contributed by atoms with Crippen LogP contribution in [0.3, 0.4) is 0 Å². The Morgan fingerprint density at radius 1 is 1.62 bits per heavy atom. The standard InChI is InChI=1S/C9H17N3O/c1-6(2)8(13-3)9-11-5-7(4-10)12-9/h5-6,8H,4,10H2,1-3H3,(H,11,12). The highest BCUT2D eigenvalue weighted by Gasteiger charge is 2.17. The number of rotatable bonds is 4. The number of H-pyrrole nitrogens is 1. The van der Waals surface area contributed by atoms with E-state index in [4.69, 9.17) is 10.5 Å². The molecule has 0 radical (unpaired) electrons. The molecule has 0 saturated carbocycles. The van der Waals surface area contributed by atoms with E-state index in [1.165, 1.54) is 0 Å². The second-order valence-corrected chi connectivity index (χ2v) is 3.40. The molecule has 0 aliphatic carbocycles. The zero-order valence-electron chi connectivity index (χ0n) is 8.37. The zero-order chi connectivity index (χ0) is 9.84. The number of methoxy groups -OCH3 is 1. The van der Waals surface area contributed by atoms with Crippen LogP contribution in [-0.4, -0.2) is 17.1 Å². The number of aromatic nitrogens is 2. The summed E-state index contributed by atoms with van der Waals surface area (Å²) in [5.41, 5.74) is 6.41. The van der Waals surface area contributed by atoms with Gasteiger partial charge in [0.05, 0.1) is 0 Å². The Labute approximate surface area is 78.5 Å². The van der Waals surface area contributed by atoms with Crippen LogP contribution in [0.1, 0.15) is 31.5 Å². The van der Waals surface area contributed by atoms with Crippen LogP contribution in [0.2, 0.25) is 0 Å². The maximum Gasteiger partial charge on any atom is 0.135 e. The van der Waals surface area contributed by atoms with Crippen LogP contribution in [-0.2, 0) is 11.3 Å². The van der Waals surface area contributed by atoms with Crippen molar-refractivity contribution >= 4 is 0 Å². The topological polar surface area (TPSA) is 63.9 Å². The number of ether oxygens (including phenoxy) is 1. The smallest absolute Gasteiger partial charge is 0.135 e. The van der Waals surface area contributed by atoms with E-state index in [1.54, 1.807) is 13.3 Å². The van der Waals surface area contributed by atoms with Crippen molar-refractivity contribution in [2.45, 2.75) is 26.5 Å². The first-order valence-corrected chi connectivity index (χ1v) is 4.45. The maximum absolute atomic E-state index is 5.47. The normalized spacial score (nSPS) is 13.6. The van der Waals surface area contributed by atoms with Gasteiger partial charge in [-0.2, -0.15) is 0 Å². The summed E-state index contributed by atoms with van der Waals surface area (Å²) in [6.45, 7) is 4.68. The van der Waals surface area contributed by atoms with Gasteiger partial charge < -0.3 is 15.5 Å². The van der Waals surface area contributed by atoms with E-state index in [1.807, 2.05) is 0 Å². The molecule has 1 atom stereocenters. The van der Waals surface area contributed by atoms with Gasteiger partial charge in [-0.25, -0.2) is 4.98 Å². The van der Waals surface area contributed by atoms with Crippen molar-refractivity contribution in [2.75, 3.05) is 7.11 Å². The molecular formula is C9H17N3O. The lowest BCUT2D eigenvalue weighted by Crippen LogP contribution is -2.10. The molecule has 1 rings (SSSR count). The van der Waals surface area contributed by atoms with Crippen molar-refractivity contribution < 1.29 is 4.74 Å². The van der Waals surface area contributed by atoms with Crippen LogP contribution in [0, 0.1) is 5.92 Å². The number of aromatic amines is 1. The van der Waals surface area contributed by atoms with Crippen LogP contribution in [0.4, 0.5) is 0 Å². The van der Waals surface area contributed by atoms with Gasteiger partial charge in [0.25, 0.3) is 0 Å². The van der Waals surface area contributed by atoms with Crippen molar-refractivity contribution in [3.05, 3.63) is 17.7 Å².